The van der Waals surface area contributed by atoms with Crippen molar-refractivity contribution >= 4 is 5.97 Å². The molecule has 0 aromatic heterocycles. The molecule has 2 rings (SSSR count). The predicted molar refractivity (Wildman–Crippen MR) is 91.7 cm³/mol. The number of carboxylic acid groups (broad SMARTS) is 1. The van der Waals surface area contributed by atoms with Crippen LogP contribution >= 0.6 is 0 Å². The average Bonchev–Trinajstić information content (AvgIpc) is 2.35. The van der Waals surface area contributed by atoms with Crippen LogP contribution in [0.4, 0.5) is 0 Å². The quantitative estimate of drug-likeness (QED) is 0.542. The zero-order valence-electron chi connectivity index (χ0n) is 14.9. The molecule has 0 bridgehead atoms. The summed E-state index contributed by atoms with van der Waals surface area (Å²) in [5, 5.41) is 8.89. The molecule has 2 aliphatic carbocycles. The smallest absolute Gasteiger partial charge is 0.328 e. The van der Waals surface area contributed by atoms with Crippen LogP contribution in [0.2, 0.25) is 0 Å². The molecule has 2 aliphatic rings. The van der Waals surface area contributed by atoms with E-state index in [1.165, 1.54) is 37.3 Å². The molecule has 0 aromatic rings. The minimum atomic E-state index is -0.823. The third-order valence-corrected chi connectivity index (χ3v) is 6.49. The molecule has 2 nitrogen and oxygen atoms in total. The van der Waals surface area contributed by atoms with E-state index in [1.807, 2.05) is 6.92 Å². The van der Waals surface area contributed by atoms with Crippen LogP contribution in [0.15, 0.2) is 23.3 Å². The predicted octanol–water partition coefficient (Wildman–Crippen LogP) is 5.60. The summed E-state index contributed by atoms with van der Waals surface area (Å²) >= 11 is 0. The zero-order chi connectivity index (χ0) is 16.5. The van der Waals surface area contributed by atoms with Gasteiger partial charge >= 0.3 is 5.97 Å². The van der Waals surface area contributed by atoms with Gasteiger partial charge in [0.15, 0.2) is 0 Å². The van der Waals surface area contributed by atoms with Crippen LogP contribution in [0, 0.1) is 22.7 Å². The van der Waals surface area contributed by atoms with Gasteiger partial charge in [-0.1, -0.05) is 44.4 Å². The van der Waals surface area contributed by atoms with E-state index < -0.39 is 5.97 Å². The Morgan fingerprint density at radius 2 is 2.05 bits per heavy atom. The van der Waals surface area contributed by atoms with Crippen LogP contribution in [0.25, 0.3) is 0 Å². The fraction of sp³-hybridized carbons (Fsp3) is 0.750. The molecule has 0 aromatic carbocycles. The lowest BCUT2D eigenvalue weighted by atomic mass is 9.48. The molecular weight excluding hydrogens is 272 g/mol. The number of carbonyl (C=O) groups is 1. The first kappa shape index (κ1) is 17.3. The lowest BCUT2D eigenvalue weighted by Crippen LogP contribution is -2.48. The highest BCUT2D eigenvalue weighted by molar-refractivity contribution is 5.80. The molecule has 22 heavy (non-hydrogen) atoms. The van der Waals surface area contributed by atoms with Gasteiger partial charge in [0.05, 0.1) is 0 Å². The average molecular weight is 304 g/mol. The lowest BCUT2D eigenvalue weighted by Gasteiger charge is -2.57. The van der Waals surface area contributed by atoms with Gasteiger partial charge in [0.1, 0.15) is 0 Å². The largest absolute Gasteiger partial charge is 0.478 e. The number of hydrogen-bond donors (Lipinski definition) is 1. The van der Waals surface area contributed by atoms with E-state index in [2.05, 4.69) is 33.8 Å². The first-order valence-electron chi connectivity index (χ1n) is 8.73. The van der Waals surface area contributed by atoms with E-state index in [9.17, 15) is 4.79 Å². The third kappa shape index (κ3) is 3.31. The van der Waals surface area contributed by atoms with Crippen molar-refractivity contribution in [2.75, 3.05) is 0 Å². The molecule has 124 valence electrons. The van der Waals surface area contributed by atoms with Crippen molar-refractivity contribution in [3.63, 3.8) is 0 Å². The van der Waals surface area contributed by atoms with Crippen molar-refractivity contribution in [2.45, 2.75) is 73.1 Å². The minimum Gasteiger partial charge on any atom is -0.478 e. The summed E-state index contributed by atoms with van der Waals surface area (Å²) in [6, 6.07) is 0. The van der Waals surface area contributed by atoms with Crippen LogP contribution in [-0.2, 0) is 4.79 Å². The first-order chi connectivity index (χ1) is 10.2. The van der Waals surface area contributed by atoms with Crippen LogP contribution < -0.4 is 0 Å². The first-order valence-corrected chi connectivity index (χ1v) is 8.73. The maximum atomic E-state index is 10.8. The minimum absolute atomic E-state index is 0.379. The Morgan fingerprint density at radius 1 is 1.36 bits per heavy atom. The van der Waals surface area contributed by atoms with E-state index in [0.717, 1.165) is 24.3 Å². The summed E-state index contributed by atoms with van der Waals surface area (Å²) in [5.41, 5.74) is 3.32. The van der Waals surface area contributed by atoms with Crippen molar-refractivity contribution in [3.05, 3.63) is 23.3 Å². The summed E-state index contributed by atoms with van der Waals surface area (Å²) in [5.74, 6) is 0.533. The Kier molecular flexibility index (Phi) is 4.89. The highest BCUT2D eigenvalue weighted by Crippen LogP contribution is 2.60. The van der Waals surface area contributed by atoms with E-state index >= 15 is 0 Å². The Labute approximate surface area is 135 Å². The Balaban J connectivity index is 2.20. The second-order valence-electron chi connectivity index (χ2n) is 8.50. The fourth-order valence-electron chi connectivity index (χ4n) is 5.35. The van der Waals surface area contributed by atoms with E-state index in [-0.39, 0.29) is 0 Å². The molecule has 3 atom stereocenters. The Hall–Kier alpha value is -1.05. The maximum Gasteiger partial charge on any atom is 0.328 e. The second kappa shape index (κ2) is 6.22. The van der Waals surface area contributed by atoms with Crippen LogP contribution in [0.1, 0.15) is 73.1 Å². The van der Waals surface area contributed by atoms with E-state index in [1.54, 1.807) is 0 Å². The summed E-state index contributed by atoms with van der Waals surface area (Å²) in [6.45, 7) is 11.6. The van der Waals surface area contributed by atoms with Crippen molar-refractivity contribution in [1.29, 1.82) is 0 Å². The van der Waals surface area contributed by atoms with Gasteiger partial charge in [-0.3, -0.25) is 0 Å². The summed E-state index contributed by atoms with van der Waals surface area (Å²) in [6.07, 6.45) is 11.0. The molecule has 2 heteroatoms. The highest BCUT2D eigenvalue weighted by Gasteiger charge is 2.51. The normalized spacial score (nSPS) is 34.8. The molecule has 1 fully saturated rings. The van der Waals surface area contributed by atoms with Gasteiger partial charge in [-0.15, -0.1) is 0 Å². The van der Waals surface area contributed by atoms with Gasteiger partial charge < -0.3 is 5.11 Å². The zero-order valence-corrected chi connectivity index (χ0v) is 14.9. The number of rotatable bonds is 4. The highest BCUT2D eigenvalue weighted by atomic mass is 16.4. The Bertz CT molecular complexity index is 498. The molecule has 0 unspecified atom stereocenters. The van der Waals surface area contributed by atoms with Gasteiger partial charge in [0.25, 0.3) is 0 Å². The van der Waals surface area contributed by atoms with Crippen LogP contribution in [0.5, 0.6) is 0 Å². The van der Waals surface area contributed by atoms with Gasteiger partial charge in [-0.2, -0.15) is 0 Å². The van der Waals surface area contributed by atoms with Gasteiger partial charge in [0.2, 0.25) is 0 Å². The van der Waals surface area contributed by atoms with Gasteiger partial charge in [-0.25, -0.2) is 4.79 Å². The molecule has 0 amide bonds. The maximum absolute atomic E-state index is 10.8. The standard InChI is InChI=1S/C20H32O2/c1-14(13-18(21)22)7-9-16-15(2)8-10-17-19(3,4)11-6-12-20(16,17)5/h8,13,16-17H,6-7,9-12H2,1-5H3,(H,21,22)/b14-13-/t16-,17-,20+/m0/s1. The van der Waals surface area contributed by atoms with Crippen molar-refractivity contribution in [1.82, 2.24) is 0 Å². The molecule has 1 saturated carbocycles. The molecule has 0 heterocycles. The van der Waals surface area contributed by atoms with E-state index in [4.69, 9.17) is 5.11 Å². The molecule has 0 radical (unpaired) electrons. The lowest BCUT2D eigenvalue weighted by molar-refractivity contribution is -0.131. The summed E-state index contributed by atoms with van der Waals surface area (Å²) < 4.78 is 0. The SMILES string of the molecule is CC1=CC[C@H]2C(C)(C)CCC[C@]2(C)[C@H]1CC/C(C)=C\C(=O)O. The number of fused-ring (bicyclic) bond motifs is 1. The Morgan fingerprint density at radius 3 is 2.68 bits per heavy atom. The summed E-state index contributed by atoms with van der Waals surface area (Å²) in [7, 11) is 0. The topological polar surface area (TPSA) is 37.3 Å². The van der Waals surface area contributed by atoms with Crippen molar-refractivity contribution in [3.8, 4) is 0 Å². The third-order valence-electron chi connectivity index (χ3n) is 6.49. The molecule has 1 N–H and O–H groups in total. The number of allylic oxidation sites excluding steroid dienone is 3. The van der Waals surface area contributed by atoms with Crippen LogP contribution in [0.3, 0.4) is 0 Å². The van der Waals surface area contributed by atoms with Crippen molar-refractivity contribution in [2.24, 2.45) is 22.7 Å². The van der Waals surface area contributed by atoms with Gasteiger partial charge in [-0.05, 0) is 68.6 Å². The molecule has 0 aliphatic heterocycles. The number of aliphatic carboxylic acids is 1. The fourth-order valence-corrected chi connectivity index (χ4v) is 5.35. The van der Waals surface area contributed by atoms with E-state index in [0.29, 0.717) is 16.7 Å². The second-order valence-corrected chi connectivity index (χ2v) is 8.50. The molecular formula is C20H32O2. The van der Waals surface area contributed by atoms with Crippen molar-refractivity contribution < 1.29 is 9.90 Å². The molecule has 0 saturated heterocycles. The van der Waals surface area contributed by atoms with Crippen LogP contribution in [-0.4, -0.2) is 11.1 Å². The molecule has 0 spiro atoms. The summed E-state index contributed by atoms with van der Waals surface area (Å²) in [4.78, 5) is 10.8. The number of hydrogen-bond acceptors (Lipinski definition) is 1. The number of carboxylic acids is 1. The van der Waals surface area contributed by atoms with Gasteiger partial charge in [0, 0.05) is 6.08 Å². The monoisotopic (exact) mass is 304 g/mol.